The summed E-state index contributed by atoms with van der Waals surface area (Å²) < 4.78 is 33.2. The molecule has 1 spiro atoms. The molecule has 0 bridgehead atoms. The molecule has 3 atom stereocenters. The molecule has 11 nitrogen and oxygen atoms in total. The second kappa shape index (κ2) is 12.9. The van der Waals surface area contributed by atoms with Gasteiger partial charge in [-0.15, -0.1) is 6.58 Å². The average Bonchev–Trinajstić information content (AvgIpc) is 2.94. The predicted molar refractivity (Wildman–Crippen MR) is 144 cm³/mol. The number of hydrogen-bond donors (Lipinski definition) is 1. The topological polar surface area (TPSA) is 158 Å². The molecule has 0 amide bonds. The predicted octanol–water partition coefficient (Wildman–Crippen LogP) is 3.01. The van der Waals surface area contributed by atoms with Gasteiger partial charge in [0.15, 0.2) is 22.7 Å². The lowest BCUT2D eigenvalue weighted by atomic mass is 9.49. The molecule has 3 N–H and O–H groups in total. The Kier molecular flexibility index (Phi) is 10.4. The van der Waals surface area contributed by atoms with Crippen molar-refractivity contribution in [2.45, 2.75) is 32.6 Å². The van der Waals surface area contributed by atoms with Crippen LogP contribution in [-0.4, -0.2) is 70.0 Å². The lowest BCUT2D eigenvalue weighted by molar-refractivity contribution is -0.179. The molecule has 2 aliphatic carbocycles. The minimum Gasteiger partial charge on any atom is -0.504 e. The van der Waals surface area contributed by atoms with Crippen molar-refractivity contribution in [3.8, 4) is 17.2 Å². The fourth-order valence-electron chi connectivity index (χ4n) is 5.81. The molecule has 11 heteroatoms. The van der Waals surface area contributed by atoms with Crippen molar-refractivity contribution < 1.29 is 53.4 Å². The van der Waals surface area contributed by atoms with Crippen LogP contribution in [0.1, 0.15) is 38.2 Å². The number of ketones is 1. The van der Waals surface area contributed by atoms with Crippen LogP contribution in [-0.2, 0) is 33.3 Å². The van der Waals surface area contributed by atoms with Crippen LogP contribution in [0.5, 0.6) is 17.2 Å². The number of phenols is 1. The number of aromatic hydroxyl groups is 1. The maximum Gasteiger partial charge on any atom is 0.323 e. The van der Waals surface area contributed by atoms with Gasteiger partial charge < -0.3 is 39.0 Å². The van der Waals surface area contributed by atoms with Crippen LogP contribution in [0, 0.1) is 16.7 Å². The lowest BCUT2D eigenvalue weighted by Gasteiger charge is -2.53. The van der Waals surface area contributed by atoms with E-state index in [4.69, 9.17) is 28.4 Å². The van der Waals surface area contributed by atoms with Crippen molar-refractivity contribution in [2.24, 2.45) is 16.7 Å². The maximum absolute atomic E-state index is 13.6. The molecule has 1 aromatic carbocycles. The van der Waals surface area contributed by atoms with Crippen molar-refractivity contribution in [3.63, 3.8) is 0 Å². The number of allylic oxidation sites excluding steroid dienone is 3. The number of ether oxygens (including phenoxy) is 6. The molecule has 3 rings (SSSR count). The summed E-state index contributed by atoms with van der Waals surface area (Å²) >= 11 is 0. The monoisotopic (exact) mass is 562 g/mol. The van der Waals surface area contributed by atoms with Crippen molar-refractivity contribution in [3.05, 3.63) is 54.0 Å². The number of benzene rings is 1. The standard InChI is InChI=1S/C29H36O10.H2O/c1-8-17-14-28(26(32)38-9-2,27(33)39-10-3)15-19(18-11-23(35-5)20(30)12-22(18)34-4)29(17)16-24(36-6)21(31)13-25(29)37-7;/h8,11-13,16-17,19,30H,1,9-10,14-15H2,2-7H3;1H2/t17-,19-,29+;/m0./s1. The van der Waals surface area contributed by atoms with E-state index >= 15 is 0 Å². The first-order valence-electron chi connectivity index (χ1n) is 12.6. The number of phenolic OH excluding ortho intramolecular Hbond substituents is 1. The quantitative estimate of drug-likeness (QED) is 0.255. The van der Waals surface area contributed by atoms with Gasteiger partial charge in [0.1, 0.15) is 11.5 Å². The molecule has 220 valence electrons. The summed E-state index contributed by atoms with van der Waals surface area (Å²) in [5, 5.41) is 10.5. The van der Waals surface area contributed by atoms with Gasteiger partial charge in [0.2, 0.25) is 5.78 Å². The summed E-state index contributed by atoms with van der Waals surface area (Å²) in [4.78, 5) is 40.1. The molecule has 0 heterocycles. The van der Waals surface area contributed by atoms with E-state index in [0.29, 0.717) is 11.3 Å². The second-order valence-electron chi connectivity index (χ2n) is 9.31. The van der Waals surface area contributed by atoms with Crippen molar-refractivity contribution in [2.75, 3.05) is 41.7 Å². The summed E-state index contributed by atoms with van der Waals surface area (Å²) in [6.45, 7) is 7.45. The van der Waals surface area contributed by atoms with E-state index in [-0.39, 0.29) is 54.5 Å². The first kappa shape index (κ1) is 32.2. The first-order chi connectivity index (χ1) is 18.6. The average molecular weight is 563 g/mol. The Morgan fingerprint density at radius 1 is 0.975 bits per heavy atom. The molecule has 0 aromatic heterocycles. The van der Waals surface area contributed by atoms with Crippen LogP contribution >= 0.6 is 0 Å². The van der Waals surface area contributed by atoms with E-state index in [2.05, 4.69) is 6.58 Å². The summed E-state index contributed by atoms with van der Waals surface area (Å²) in [6.07, 6.45) is 4.47. The fraction of sp³-hybridized carbons (Fsp3) is 0.483. The normalized spacial score (nSPS) is 23.1. The third-order valence-corrected chi connectivity index (χ3v) is 7.58. The van der Waals surface area contributed by atoms with Gasteiger partial charge in [0.05, 0.1) is 47.1 Å². The largest absolute Gasteiger partial charge is 0.504 e. The third-order valence-electron chi connectivity index (χ3n) is 7.58. The molecule has 2 aliphatic rings. The fourth-order valence-corrected chi connectivity index (χ4v) is 5.81. The third kappa shape index (κ3) is 5.13. The highest BCUT2D eigenvalue weighted by Crippen LogP contribution is 2.64. The van der Waals surface area contributed by atoms with Gasteiger partial charge in [-0.3, -0.25) is 14.4 Å². The van der Waals surface area contributed by atoms with Gasteiger partial charge in [0, 0.05) is 23.6 Å². The summed E-state index contributed by atoms with van der Waals surface area (Å²) in [6, 6.07) is 2.97. The number of methoxy groups -OCH3 is 4. The summed E-state index contributed by atoms with van der Waals surface area (Å²) in [5.41, 5.74) is -2.40. The van der Waals surface area contributed by atoms with Crippen LogP contribution in [0.2, 0.25) is 0 Å². The zero-order chi connectivity index (χ0) is 29.0. The van der Waals surface area contributed by atoms with Crippen molar-refractivity contribution in [1.29, 1.82) is 0 Å². The van der Waals surface area contributed by atoms with Gasteiger partial charge in [-0.2, -0.15) is 0 Å². The van der Waals surface area contributed by atoms with Crippen LogP contribution in [0.15, 0.2) is 48.5 Å². The number of hydrogen-bond acceptors (Lipinski definition) is 10. The zero-order valence-electron chi connectivity index (χ0n) is 23.7. The Morgan fingerprint density at radius 2 is 1.57 bits per heavy atom. The van der Waals surface area contributed by atoms with Crippen LogP contribution < -0.4 is 9.47 Å². The Morgan fingerprint density at radius 3 is 2.05 bits per heavy atom. The molecule has 0 saturated heterocycles. The Hall–Kier alpha value is -3.99. The summed E-state index contributed by atoms with van der Waals surface area (Å²) in [5.74, 6) is -2.69. The molecular formula is C29H38O11. The number of carbonyl (C=O) groups is 3. The smallest absolute Gasteiger partial charge is 0.323 e. The van der Waals surface area contributed by atoms with Gasteiger partial charge in [-0.25, -0.2) is 0 Å². The summed E-state index contributed by atoms with van der Waals surface area (Å²) in [7, 11) is 5.66. The van der Waals surface area contributed by atoms with Crippen LogP contribution in [0.4, 0.5) is 0 Å². The highest BCUT2D eigenvalue weighted by Gasteiger charge is 2.64. The Labute approximate surface area is 233 Å². The van der Waals surface area contributed by atoms with Crippen LogP contribution in [0.25, 0.3) is 0 Å². The number of esters is 2. The SMILES string of the molecule is C=C[C@H]1CC(C(=O)OCC)(C(=O)OCC)C[C@@H](c2cc(OC)c(O)cc2OC)[C@@]12C=C(OC)C(=O)C=C2OC.O. The van der Waals surface area contributed by atoms with Gasteiger partial charge in [-0.1, -0.05) is 6.08 Å². The van der Waals surface area contributed by atoms with Crippen molar-refractivity contribution in [1.82, 2.24) is 0 Å². The van der Waals surface area contributed by atoms with E-state index < -0.39 is 40.4 Å². The number of rotatable bonds is 10. The maximum atomic E-state index is 13.6. The van der Waals surface area contributed by atoms with Gasteiger partial charge >= 0.3 is 11.9 Å². The Balaban J connectivity index is 0.00000560. The molecule has 0 unspecified atom stereocenters. The molecule has 0 radical (unpaired) electrons. The van der Waals surface area contributed by atoms with E-state index in [1.165, 1.54) is 40.6 Å². The molecule has 1 aromatic rings. The minimum atomic E-state index is -1.72. The van der Waals surface area contributed by atoms with E-state index in [9.17, 15) is 19.5 Å². The highest BCUT2D eigenvalue weighted by molar-refractivity contribution is 6.04. The van der Waals surface area contributed by atoms with E-state index in [0.717, 1.165) is 0 Å². The minimum absolute atomic E-state index is 0. The van der Waals surface area contributed by atoms with Gasteiger partial charge in [-0.05, 0) is 44.7 Å². The first-order valence-corrected chi connectivity index (χ1v) is 12.6. The number of carbonyl (C=O) groups excluding carboxylic acids is 3. The van der Waals surface area contributed by atoms with Crippen molar-refractivity contribution >= 4 is 17.7 Å². The second-order valence-corrected chi connectivity index (χ2v) is 9.31. The molecule has 1 fully saturated rings. The molecule has 0 aliphatic heterocycles. The lowest BCUT2D eigenvalue weighted by Crippen LogP contribution is -2.54. The zero-order valence-corrected chi connectivity index (χ0v) is 23.7. The molecule has 1 saturated carbocycles. The highest BCUT2D eigenvalue weighted by atomic mass is 16.6. The van der Waals surface area contributed by atoms with E-state index in [1.54, 1.807) is 32.1 Å². The molecule has 40 heavy (non-hydrogen) atoms. The Bertz CT molecular complexity index is 1180. The van der Waals surface area contributed by atoms with Crippen LogP contribution in [0.3, 0.4) is 0 Å². The van der Waals surface area contributed by atoms with Gasteiger partial charge in [0.25, 0.3) is 0 Å². The van der Waals surface area contributed by atoms with E-state index in [1.807, 2.05) is 0 Å². The molecular weight excluding hydrogens is 524 g/mol.